The Morgan fingerprint density at radius 2 is 0.693 bits per heavy atom. The number of carbonyl (C=O) groups is 4. The maximum Gasteiger partial charge on any atom is 0.303 e. The molecule has 8 heteroatoms. The summed E-state index contributed by atoms with van der Waals surface area (Å²) in [4.78, 5) is 44.8. The van der Waals surface area contributed by atoms with E-state index < -0.39 is 17.9 Å². The number of carboxylic acid groups (broad SMARTS) is 3. The smallest absolute Gasteiger partial charge is 0.303 e. The summed E-state index contributed by atoms with van der Waals surface area (Å²) in [6.07, 6.45) is 57.3. The Labute approximate surface area is 542 Å². The normalized spacial score (nSPS) is 30.8. The standard InChI is InChI=1S/C80H142O8/c1-56(15-9-19-60(5)70-37-33-66(47-70)25-11-17-58(3)45-78(82)83)27-29-64(23-13-21-62(7)72-41-43-76(52-72)74-39-35-68(49-74)51-80(86)87)31-32-65(24-14-22-63(8)73-42-44-77(53-73)75-40-36-69(50-75)54-88-55-81)30-28-57(2)16-10-20-61(6)71-38-34-67(48-71)26-12-18-59(4)46-79(84)85/h55-77H,9-54H2,1-8H3,(H,82,83)(H,84,85)(H,86,87). The van der Waals surface area contributed by atoms with Gasteiger partial charge in [0.05, 0.1) is 6.61 Å². The molecule has 88 heavy (non-hydrogen) atoms. The Balaban J connectivity index is 1.00. The number of ether oxygens (including phenoxy) is 1. The van der Waals surface area contributed by atoms with Gasteiger partial charge in [-0.3, -0.25) is 19.2 Å². The van der Waals surface area contributed by atoms with Crippen molar-refractivity contribution in [1.29, 1.82) is 0 Å². The molecule has 0 bridgehead atoms. The van der Waals surface area contributed by atoms with Crippen LogP contribution < -0.4 is 0 Å². The molecule has 0 aromatic carbocycles. The second-order valence-electron chi connectivity index (χ2n) is 34.0. The Morgan fingerprint density at radius 3 is 1.11 bits per heavy atom. The van der Waals surface area contributed by atoms with E-state index in [-0.39, 0.29) is 0 Å². The molecule has 8 nitrogen and oxygen atoms in total. The molecule has 6 aliphatic rings. The molecule has 510 valence electrons. The molecule has 0 heterocycles. The molecule has 0 aromatic heterocycles. The van der Waals surface area contributed by atoms with Gasteiger partial charge in [0.25, 0.3) is 6.47 Å². The van der Waals surface area contributed by atoms with Crippen LogP contribution in [-0.2, 0) is 23.9 Å². The van der Waals surface area contributed by atoms with Gasteiger partial charge >= 0.3 is 17.9 Å². The lowest BCUT2D eigenvalue weighted by Crippen LogP contribution is -2.14. The molecule has 6 saturated carbocycles. The van der Waals surface area contributed by atoms with E-state index in [1.807, 2.05) is 0 Å². The molecule has 22 unspecified atom stereocenters. The van der Waals surface area contributed by atoms with Gasteiger partial charge in [-0.25, -0.2) is 0 Å². The highest BCUT2D eigenvalue weighted by Gasteiger charge is 2.39. The minimum absolute atomic E-state index is 0.292. The largest absolute Gasteiger partial charge is 0.481 e. The summed E-state index contributed by atoms with van der Waals surface area (Å²) < 4.78 is 5.21. The molecular weight excluding hydrogens is 1090 g/mol. The number of aliphatic carboxylic acids is 3. The molecule has 22 atom stereocenters. The van der Waals surface area contributed by atoms with Gasteiger partial charge in [0.15, 0.2) is 0 Å². The van der Waals surface area contributed by atoms with E-state index in [0.29, 0.717) is 56.0 Å². The molecule has 0 aliphatic heterocycles. The molecular formula is C80H142O8. The van der Waals surface area contributed by atoms with Gasteiger partial charge in [-0.2, -0.15) is 0 Å². The van der Waals surface area contributed by atoms with Crippen molar-refractivity contribution in [3.05, 3.63) is 0 Å². The predicted octanol–water partition coefficient (Wildman–Crippen LogP) is 22.8. The maximum atomic E-state index is 11.5. The SMILES string of the molecule is CC(CCCC(C)C1CCC(CCCC(C)CC(=O)O)C1)CCC(CCCC(C)C1CCC(C2CCC(COC=O)C2)C1)CCC(CCCC(C)C1CCC(C2CCC(CC(=O)O)C2)C1)CCC(C)CCCC(C)C1CCC(CCCC(C)CC(=O)O)C1. The van der Waals surface area contributed by atoms with E-state index in [0.717, 1.165) is 132 Å². The van der Waals surface area contributed by atoms with Gasteiger partial charge in [-0.05, 0) is 233 Å². The summed E-state index contributed by atoms with van der Waals surface area (Å²) in [7, 11) is 0. The predicted molar refractivity (Wildman–Crippen MR) is 365 cm³/mol. The fourth-order valence-electron chi connectivity index (χ4n) is 20.6. The van der Waals surface area contributed by atoms with Gasteiger partial charge in [-0.1, -0.05) is 222 Å². The zero-order valence-electron chi connectivity index (χ0n) is 58.7. The van der Waals surface area contributed by atoms with Gasteiger partial charge in [0.2, 0.25) is 0 Å². The van der Waals surface area contributed by atoms with Crippen molar-refractivity contribution in [3.63, 3.8) is 0 Å². The van der Waals surface area contributed by atoms with E-state index in [9.17, 15) is 34.5 Å². The number of rotatable bonds is 48. The Bertz CT molecular complexity index is 1920. The lowest BCUT2D eigenvalue weighted by molar-refractivity contribution is -0.139. The Morgan fingerprint density at radius 1 is 0.352 bits per heavy atom. The third-order valence-corrected chi connectivity index (χ3v) is 26.8. The molecule has 0 aromatic rings. The van der Waals surface area contributed by atoms with Gasteiger partial charge in [0.1, 0.15) is 0 Å². The highest BCUT2D eigenvalue weighted by Crippen LogP contribution is 2.50. The zero-order chi connectivity index (χ0) is 63.4. The van der Waals surface area contributed by atoms with Crippen LogP contribution in [0.1, 0.15) is 344 Å². The lowest BCUT2D eigenvalue weighted by Gasteiger charge is -2.26. The average molecular weight is 1230 g/mol. The van der Waals surface area contributed by atoms with Crippen molar-refractivity contribution in [1.82, 2.24) is 0 Å². The number of hydrogen-bond acceptors (Lipinski definition) is 5. The molecule has 0 spiro atoms. The highest BCUT2D eigenvalue weighted by molar-refractivity contribution is 5.67. The van der Waals surface area contributed by atoms with Crippen molar-refractivity contribution in [3.8, 4) is 0 Å². The summed E-state index contributed by atoms with van der Waals surface area (Å²) in [5.41, 5.74) is 0. The Hall–Kier alpha value is -2.12. The summed E-state index contributed by atoms with van der Waals surface area (Å²) in [5, 5.41) is 27.9. The molecule has 6 aliphatic carbocycles. The fourth-order valence-corrected chi connectivity index (χ4v) is 20.6. The first-order valence-electron chi connectivity index (χ1n) is 39.0. The van der Waals surface area contributed by atoms with Crippen LogP contribution in [0.5, 0.6) is 0 Å². The van der Waals surface area contributed by atoms with Crippen molar-refractivity contribution in [2.24, 2.45) is 130 Å². The van der Waals surface area contributed by atoms with Crippen molar-refractivity contribution in [2.45, 2.75) is 344 Å². The summed E-state index contributed by atoms with van der Waals surface area (Å²) in [6, 6.07) is 0. The maximum absolute atomic E-state index is 11.5. The molecule has 0 amide bonds. The highest BCUT2D eigenvalue weighted by atomic mass is 16.5. The first-order chi connectivity index (χ1) is 42.3. The van der Waals surface area contributed by atoms with Crippen molar-refractivity contribution >= 4 is 24.4 Å². The topological polar surface area (TPSA) is 138 Å². The molecule has 0 radical (unpaired) electrons. The van der Waals surface area contributed by atoms with Crippen LogP contribution in [0.3, 0.4) is 0 Å². The molecule has 6 rings (SSSR count). The minimum Gasteiger partial charge on any atom is -0.481 e. The second-order valence-corrected chi connectivity index (χ2v) is 34.0. The number of carbonyl (C=O) groups excluding carboxylic acids is 1. The molecule has 3 N–H and O–H groups in total. The lowest BCUT2D eigenvalue weighted by atomic mass is 9.79. The van der Waals surface area contributed by atoms with Crippen LogP contribution in [0.25, 0.3) is 0 Å². The quantitative estimate of drug-likeness (QED) is 0.0512. The van der Waals surface area contributed by atoms with E-state index in [1.165, 1.54) is 244 Å². The van der Waals surface area contributed by atoms with E-state index in [4.69, 9.17) is 4.74 Å². The van der Waals surface area contributed by atoms with E-state index in [1.54, 1.807) is 0 Å². The fraction of sp³-hybridized carbons (Fsp3) is 0.950. The van der Waals surface area contributed by atoms with E-state index in [2.05, 4.69) is 55.4 Å². The van der Waals surface area contributed by atoms with Crippen molar-refractivity contribution < 1.29 is 39.2 Å². The van der Waals surface area contributed by atoms with Gasteiger partial charge < -0.3 is 20.1 Å². The van der Waals surface area contributed by atoms with Crippen LogP contribution in [0.15, 0.2) is 0 Å². The first kappa shape index (κ1) is 74.9. The van der Waals surface area contributed by atoms with Gasteiger partial charge in [-0.15, -0.1) is 0 Å². The van der Waals surface area contributed by atoms with E-state index >= 15 is 0 Å². The molecule has 0 saturated heterocycles. The van der Waals surface area contributed by atoms with Gasteiger partial charge in [0, 0.05) is 19.3 Å². The minimum atomic E-state index is -0.655. The van der Waals surface area contributed by atoms with Crippen LogP contribution in [-0.4, -0.2) is 46.3 Å². The number of carboxylic acids is 3. The monoisotopic (exact) mass is 1230 g/mol. The van der Waals surface area contributed by atoms with Crippen molar-refractivity contribution in [2.75, 3.05) is 6.61 Å². The average Bonchev–Trinajstić information content (AvgIpc) is 4.55. The third kappa shape index (κ3) is 28.2. The van der Waals surface area contributed by atoms with Crippen LogP contribution in [0, 0.1) is 130 Å². The first-order valence-corrected chi connectivity index (χ1v) is 39.0. The summed E-state index contributed by atoms with van der Waals surface area (Å²) in [6.45, 7) is 21.0. The summed E-state index contributed by atoms with van der Waals surface area (Å²) >= 11 is 0. The zero-order valence-corrected chi connectivity index (χ0v) is 58.7. The Kier molecular flexibility index (Phi) is 34.8. The van der Waals surface area contributed by atoms with Crippen LogP contribution in [0.2, 0.25) is 0 Å². The van der Waals surface area contributed by atoms with Crippen LogP contribution >= 0.6 is 0 Å². The molecule has 6 fully saturated rings. The summed E-state index contributed by atoms with van der Waals surface area (Å²) in [5.74, 6) is 14.7. The van der Waals surface area contributed by atoms with Crippen LogP contribution in [0.4, 0.5) is 0 Å². The third-order valence-electron chi connectivity index (χ3n) is 26.8. The second kappa shape index (κ2) is 40.9. The number of hydrogen-bond donors (Lipinski definition) is 3.